The largest absolute Gasteiger partial charge is 0.350 e. The molecule has 0 unspecified atom stereocenters. The van der Waals surface area contributed by atoms with Crippen LogP contribution in [0.1, 0.15) is 36.5 Å². The number of hydrogen-bond donors (Lipinski definition) is 1. The van der Waals surface area contributed by atoms with Gasteiger partial charge in [-0.2, -0.15) is 5.10 Å². The Balaban J connectivity index is 1.73. The predicted molar refractivity (Wildman–Crippen MR) is 129 cm³/mol. The molecule has 3 aromatic rings. The molecule has 0 spiro atoms. The van der Waals surface area contributed by atoms with Crippen LogP contribution in [0.3, 0.4) is 0 Å². The number of aromatic amines is 1. The topological polar surface area (TPSA) is 67.8 Å². The second-order valence-electron chi connectivity index (χ2n) is 8.13. The van der Waals surface area contributed by atoms with Crippen LogP contribution >= 0.6 is 23.2 Å². The molecule has 2 aromatic heterocycles. The van der Waals surface area contributed by atoms with E-state index in [9.17, 15) is 4.79 Å². The van der Waals surface area contributed by atoms with Gasteiger partial charge >= 0.3 is 0 Å². The summed E-state index contributed by atoms with van der Waals surface area (Å²) >= 11 is 12.6. The number of carbonyl (C=O) groups is 1. The summed E-state index contributed by atoms with van der Waals surface area (Å²) in [7, 11) is 1.95. The highest BCUT2D eigenvalue weighted by atomic mass is 35.5. The van der Waals surface area contributed by atoms with E-state index in [2.05, 4.69) is 20.1 Å². The second-order valence-corrected chi connectivity index (χ2v) is 8.92. The number of H-pyrrole nitrogens is 1. The van der Waals surface area contributed by atoms with Gasteiger partial charge in [0.1, 0.15) is 5.69 Å². The highest BCUT2D eigenvalue weighted by Gasteiger charge is 2.31. The number of nitrogens with one attached hydrogen (secondary N) is 1. The molecular weight excluding hydrogens is 447 g/mol. The Morgan fingerprint density at radius 1 is 1.22 bits per heavy atom. The van der Waals surface area contributed by atoms with Gasteiger partial charge < -0.3 is 4.98 Å². The molecule has 1 aromatic carbocycles. The van der Waals surface area contributed by atoms with Crippen molar-refractivity contribution >= 4 is 45.7 Å². The molecule has 0 saturated carbocycles. The number of halogens is 2. The first-order valence-corrected chi connectivity index (χ1v) is 11.3. The van der Waals surface area contributed by atoms with E-state index in [1.165, 1.54) is 0 Å². The third-order valence-corrected chi connectivity index (χ3v) is 6.35. The third kappa shape index (κ3) is 4.75. The molecule has 32 heavy (non-hydrogen) atoms. The molecule has 168 valence electrons. The normalized spacial score (nSPS) is 19.9. The fourth-order valence-electron chi connectivity index (χ4n) is 4.09. The molecule has 0 aliphatic carbocycles. The number of nitrogens with zero attached hydrogens (tertiary/aromatic N) is 5. The van der Waals surface area contributed by atoms with Gasteiger partial charge in [0.05, 0.1) is 34.9 Å². The zero-order valence-electron chi connectivity index (χ0n) is 18.3. The van der Waals surface area contributed by atoms with Crippen molar-refractivity contribution in [3.05, 3.63) is 64.0 Å². The summed E-state index contributed by atoms with van der Waals surface area (Å²) in [4.78, 5) is 21.5. The van der Waals surface area contributed by atoms with Crippen LogP contribution in [-0.2, 0) is 6.54 Å². The summed E-state index contributed by atoms with van der Waals surface area (Å²) in [6, 6.07) is 11.0. The molecule has 0 fully saturated rings. The first kappa shape index (κ1) is 22.6. The van der Waals surface area contributed by atoms with Gasteiger partial charge in [-0.1, -0.05) is 29.3 Å². The lowest BCUT2D eigenvalue weighted by Crippen LogP contribution is -2.52. The number of fused-ring (bicyclic) bond motifs is 1. The molecule has 1 aliphatic rings. The fraction of sp³-hybridized carbons (Fsp3) is 0.348. The third-order valence-electron chi connectivity index (χ3n) is 5.54. The van der Waals surface area contributed by atoms with E-state index in [-0.39, 0.29) is 11.9 Å². The number of likely N-dealkylation sites (N-methyl/N-ethyl adjacent to an activating group) is 1. The Hall–Kier alpha value is -2.61. The van der Waals surface area contributed by atoms with Crippen molar-refractivity contribution in [1.82, 2.24) is 25.0 Å². The fourth-order valence-corrected chi connectivity index (χ4v) is 4.47. The minimum Gasteiger partial charge on any atom is -0.350 e. The standard InChI is InChI=1S/C23H26Cl2N6O/c1-15-12-16(2)31(23(32)21-13-18-20(27-21)8-7-19(24)22(18)25)30(11-10-29(3)28-15)14-17-6-4-5-9-26-17/h4-9,13,16,27H,10-12,14H2,1-3H3/b28-15+/t16-/m1/s1. The molecule has 9 heteroatoms. The summed E-state index contributed by atoms with van der Waals surface area (Å²) in [6.45, 7) is 5.84. The molecule has 1 aliphatic heterocycles. The smallest absolute Gasteiger partial charge is 0.284 e. The lowest BCUT2D eigenvalue weighted by Gasteiger charge is -2.38. The number of hydrazone groups is 1. The molecule has 1 atom stereocenters. The molecule has 3 heterocycles. The number of aromatic nitrogens is 2. The Morgan fingerprint density at radius 3 is 2.78 bits per heavy atom. The predicted octanol–water partition coefficient (Wildman–Crippen LogP) is 4.83. The van der Waals surface area contributed by atoms with E-state index in [1.54, 1.807) is 18.3 Å². The minimum atomic E-state index is -0.130. The van der Waals surface area contributed by atoms with Crippen LogP contribution in [0, 0.1) is 0 Å². The van der Waals surface area contributed by atoms with Crippen LogP contribution in [0.15, 0.2) is 47.7 Å². The van der Waals surface area contributed by atoms with Gasteiger partial charge in [-0.05, 0) is 44.2 Å². The van der Waals surface area contributed by atoms with Crippen LogP contribution in [0.2, 0.25) is 10.0 Å². The molecule has 1 N–H and O–H groups in total. The van der Waals surface area contributed by atoms with Crippen molar-refractivity contribution in [1.29, 1.82) is 0 Å². The summed E-state index contributed by atoms with van der Waals surface area (Å²) in [5.74, 6) is -0.130. The summed E-state index contributed by atoms with van der Waals surface area (Å²) < 4.78 is 0. The Bertz CT molecular complexity index is 1150. The van der Waals surface area contributed by atoms with E-state index in [1.807, 2.05) is 55.2 Å². The zero-order valence-corrected chi connectivity index (χ0v) is 19.9. The summed E-state index contributed by atoms with van der Waals surface area (Å²) in [6.07, 6.45) is 2.42. The minimum absolute atomic E-state index is 0.105. The van der Waals surface area contributed by atoms with Crippen LogP contribution < -0.4 is 0 Å². The van der Waals surface area contributed by atoms with Crippen molar-refractivity contribution < 1.29 is 4.79 Å². The SMILES string of the molecule is C/C1=N\N(C)CCN(Cc2ccccn2)N(C(=O)c2cc3c(Cl)c(Cl)ccc3[nH]2)[C@H](C)C1. The molecule has 1 amide bonds. The van der Waals surface area contributed by atoms with Crippen molar-refractivity contribution in [3.63, 3.8) is 0 Å². The number of carbonyl (C=O) groups excluding carboxylic acids is 1. The second kappa shape index (κ2) is 9.48. The number of hydrogen-bond acceptors (Lipinski definition) is 5. The lowest BCUT2D eigenvalue weighted by atomic mass is 10.1. The van der Waals surface area contributed by atoms with Gasteiger partial charge in [0, 0.05) is 42.8 Å². The van der Waals surface area contributed by atoms with E-state index in [0.717, 1.165) is 22.3 Å². The number of hydrazine groups is 1. The Labute approximate surface area is 197 Å². The van der Waals surface area contributed by atoms with Crippen LogP contribution in [0.4, 0.5) is 0 Å². The Kier molecular flexibility index (Phi) is 6.69. The zero-order chi connectivity index (χ0) is 22.8. The van der Waals surface area contributed by atoms with Crippen molar-refractivity contribution in [2.75, 3.05) is 20.1 Å². The van der Waals surface area contributed by atoms with Crippen molar-refractivity contribution in [2.24, 2.45) is 5.10 Å². The molecular formula is C23H26Cl2N6O. The average Bonchev–Trinajstić information content (AvgIpc) is 3.21. The Morgan fingerprint density at radius 2 is 2.03 bits per heavy atom. The number of amides is 1. The maximum Gasteiger partial charge on any atom is 0.284 e. The van der Waals surface area contributed by atoms with Gasteiger partial charge in [0.15, 0.2) is 0 Å². The first-order chi connectivity index (χ1) is 15.3. The van der Waals surface area contributed by atoms with Gasteiger partial charge in [-0.3, -0.25) is 19.8 Å². The van der Waals surface area contributed by atoms with E-state index < -0.39 is 0 Å². The maximum atomic E-state index is 13.8. The summed E-state index contributed by atoms with van der Waals surface area (Å²) in [5.41, 5.74) is 3.10. The molecule has 0 bridgehead atoms. The monoisotopic (exact) mass is 472 g/mol. The van der Waals surface area contributed by atoms with Gasteiger partial charge in [-0.25, -0.2) is 5.01 Å². The highest BCUT2D eigenvalue weighted by Crippen LogP contribution is 2.32. The molecule has 7 nitrogen and oxygen atoms in total. The maximum absolute atomic E-state index is 13.8. The quantitative estimate of drug-likeness (QED) is 0.592. The van der Waals surface area contributed by atoms with Gasteiger partial charge in [0.25, 0.3) is 5.91 Å². The molecule has 4 rings (SSSR count). The van der Waals surface area contributed by atoms with Gasteiger partial charge in [0.2, 0.25) is 0 Å². The average molecular weight is 473 g/mol. The number of rotatable bonds is 3. The van der Waals surface area contributed by atoms with E-state index in [4.69, 9.17) is 23.2 Å². The lowest BCUT2D eigenvalue weighted by molar-refractivity contribution is -0.0399. The van der Waals surface area contributed by atoms with E-state index in [0.29, 0.717) is 41.8 Å². The first-order valence-electron chi connectivity index (χ1n) is 10.5. The van der Waals surface area contributed by atoms with Crippen LogP contribution in [-0.4, -0.2) is 62.8 Å². The van der Waals surface area contributed by atoms with Crippen molar-refractivity contribution in [2.45, 2.75) is 32.9 Å². The highest BCUT2D eigenvalue weighted by molar-refractivity contribution is 6.45. The van der Waals surface area contributed by atoms with Crippen LogP contribution in [0.5, 0.6) is 0 Å². The summed E-state index contributed by atoms with van der Waals surface area (Å²) in [5, 5.41) is 12.1. The van der Waals surface area contributed by atoms with Crippen LogP contribution in [0.25, 0.3) is 10.9 Å². The van der Waals surface area contributed by atoms with Gasteiger partial charge in [-0.15, -0.1) is 0 Å². The number of benzene rings is 1. The van der Waals surface area contributed by atoms with Crippen molar-refractivity contribution in [3.8, 4) is 0 Å². The molecule has 0 radical (unpaired) electrons. The molecule has 0 saturated heterocycles. The number of pyridine rings is 1. The van der Waals surface area contributed by atoms with E-state index >= 15 is 0 Å².